The SMILES string of the molecule is O=C(O)N1CC2CC1CN2CCO. The Hall–Kier alpha value is -0.810. The summed E-state index contributed by atoms with van der Waals surface area (Å²) in [7, 11) is 0. The van der Waals surface area contributed by atoms with Gasteiger partial charge in [-0.05, 0) is 6.42 Å². The Bertz CT molecular complexity index is 221. The molecule has 2 atom stereocenters. The van der Waals surface area contributed by atoms with Crippen molar-refractivity contribution in [3.63, 3.8) is 0 Å². The Labute approximate surface area is 76.6 Å². The summed E-state index contributed by atoms with van der Waals surface area (Å²) in [5.74, 6) is 0. The highest BCUT2D eigenvalue weighted by Gasteiger charge is 2.44. The predicted molar refractivity (Wildman–Crippen MR) is 45.6 cm³/mol. The molecule has 0 aromatic heterocycles. The fraction of sp³-hybridized carbons (Fsp3) is 0.875. The van der Waals surface area contributed by atoms with E-state index in [4.69, 9.17) is 10.2 Å². The van der Waals surface area contributed by atoms with Gasteiger partial charge in [0.1, 0.15) is 0 Å². The van der Waals surface area contributed by atoms with Gasteiger partial charge in [-0.25, -0.2) is 4.79 Å². The van der Waals surface area contributed by atoms with E-state index in [2.05, 4.69) is 4.90 Å². The van der Waals surface area contributed by atoms with Gasteiger partial charge in [0.25, 0.3) is 0 Å². The van der Waals surface area contributed by atoms with Crippen molar-refractivity contribution >= 4 is 6.09 Å². The molecule has 2 aliphatic rings. The van der Waals surface area contributed by atoms with E-state index >= 15 is 0 Å². The Kier molecular flexibility index (Phi) is 2.13. The van der Waals surface area contributed by atoms with Gasteiger partial charge in [0.05, 0.1) is 6.61 Å². The van der Waals surface area contributed by atoms with E-state index in [0.717, 1.165) is 13.0 Å². The number of nitrogens with zero attached hydrogens (tertiary/aromatic N) is 2. The fourth-order valence-electron chi connectivity index (χ4n) is 2.39. The molecule has 2 N–H and O–H groups in total. The van der Waals surface area contributed by atoms with Crippen molar-refractivity contribution in [2.24, 2.45) is 0 Å². The smallest absolute Gasteiger partial charge is 0.407 e. The molecule has 0 aliphatic carbocycles. The minimum Gasteiger partial charge on any atom is -0.465 e. The van der Waals surface area contributed by atoms with Gasteiger partial charge in [0, 0.05) is 31.7 Å². The molecule has 2 heterocycles. The molecule has 5 heteroatoms. The maximum Gasteiger partial charge on any atom is 0.407 e. The van der Waals surface area contributed by atoms with Gasteiger partial charge < -0.3 is 15.1 Å². The first-order valence-corrected chi connectivity index (χ1v) is 4.57. The van der Waals surface area contributed by atoms with Crippen molar-refractivity contribution in [2.75, 3.05) is 26.2 Å². The van der Waals surface area contributed by atoms with Gasteiger partial charge in [-0.1, -0.05) is 0 Å². The molecule has 0 aromatic rings. The predicted octanol–water partition coefficient (Wildman–Crippen LogP) is -0.585. The van der Waals surface area contributed by atoms with Crippen molar-refractivity contribution in [3.05, 3.63) is 0 Å². The monoisotopic (exact) mass is 186 g/mol. The Morgan fingerprint density at radius 2 is 2.15 bits per heavy atom. The summed E-state index contributed by atoms with van der Waals surface area (Å²) < 4.78 is 0. The molecule has 0 spiro atoms. The number of rotatable bonds is 2. The van der Waals surface area contributed by atoms with Crippen LogP contribution in [0.5, 0.6) is 0 Å². The molecule has 2 saturated heterocycles. The number of fused-ring (bicyclic) bond motifs is 2. The summed E-state index contributed by atoms with van der Waals surface area (Å²) in [4.78, 5) is 14.4. The first kappa shape index (κ1) is 8.77. The zero-order valence-corrected chi connectivity index (χ0v) is 7.39. The van der Waals surface area contributed by atoms with E-state index in [1.807, 2.05) is 0 Å². The lowest BCUT2D eigenvalue weighted by Crippen LogP contribution is -2.48. The number of likely N-dealkylation sites (tertiary alicyclic amines) is 2. The van der Waals surface area contributed by atoms with Crippen LogP contribution in [0.4, 0.5) is 4.79 Å². The van der Waals surface area contributed by atoms with Crippen LogP contribution in [0.2, 0.25) is 0 Å². The molecule has 74 valence electrons. The number of hydrogen-bond acceptors (Lipinski definition) is 3. The lowest BCUT2D eigenvalue weighted by molar-refractivity contribution is 0.0940. The second-order valence-corrected chi connectivity index (χ2v) is 3.70. The summed E-state index contributed by atoms with van der Waals surface area (Å²) in [5, 5.41) is 17.6. The third-order valence-corrected chi connectivity index (χ3v) is 2.99. The van der Waals surface area contributed by atoms with Crippen molar-refractivity contribution in [1.29, 1.82) is 0 Å². The number of carboxylic acid groups (broad SMARTS) is 1. The third kappa shape index (κ3) is 1.38. The van der Waals surface area contributed by atoms with Gasteiger partial charge in [0.2, 0.25) is 0 Å². The van der Waals surface area contributed by atoms with Crippen LogP contribution in [0.3, 0.4) is 0 Å². The van der Waals surface area contributed by atoms with Gasteiger partial charge in [-0.15, -0.1) is 0 Å². The van der Waals surface area contributed by atoms with E-state index in [1.54, 1.807) is 0 Å². The van der Waals surface area contributed by atoms with Gasteiger partial charge in [-0.3, -0.25) is 4.90 Å². The third-order valence-electron chi connectivity index (χ3n) is 2.99. The highest BCUT2D eigenvalue weighted by atomic mass is 16.4. The lowest BCUT2D eigenvalue weighted by Gasteiger charge is -2.31. The molecule has 0 radical (unpaired) electrons. The Balaban J connectivity index is 1.95. The summed E-state index contributed by atoms with van der Waals surface area (Å²) in [6, 6.07) is 0.502. The quantitative estimate of drug-likeness (QED) is 0.605. The minimum atomic E-state index is -0.809. The van der Waals surface area contributed by atoms with Crippen LogP contribution in [-0.4, -0.2) is 64.4 Å². The zero-order chi connectivity index (χ0) is 9.42. The molecule has 5 nitrogen and oxygen atoms in total. The van der Waals surface area contributed by atoms with Gasteiger partial charge in [0.15, 0.2) is 0 Å². The number of aliphatic hydroxyl groups is 1. The Morgan fingerprint density at radius 1 is 1.38 bits per heavy atom. The van der Waals surface area contributed by atoms with Crippen molar-refractivity contribution in [2.45, 2.75) is 18.5 Å². The molecule has 0 saturated carbocycles. The molecule has 2 unspecified atom stereocenters. The highest BCUT2D eigenvalue weighted by molar-refractivity contribution is 5.66. The van der Waals surface area contributed by atoms with E-state index in [-0.39, 0.29) is 12.6 Å². The van der Waals surface area contributed by atoms with E-state index in [1.165, 1.54) is 4.90 Å². The van der Waals surface area contributed by atoms with Crippen molar-refractivity contribution in [1.82, 2.24) is 9.80 Å². The number of β-amino-alcohol motifs (C(OH)–C–C–N with tert-alkyl or cyclic N) is 1. The first-order valence-electron chi connectivity index (χ1n) is 4.57. The highest BCUT2D eigenvalue weighted by Crippen LogP contribution is 2.29. The number of carbonyl (C=O) groups is 1. The topological polar surface area (TPSA) is 64.0 Å². The minimum absolute atomic E-state index is 0.161. The molecule has 0 aromatic carbocycles. The average Bonchev–Trinajstić information content (AvgIpc) is 2.62. The van der Waals surface area contributed by atoms with E-state index in [0.29, 0.717) is 19.1 Å². The van der Waals surface area contributed by atoms with Crippen LogP contribution < -0.4 is 0 Å². The van der Waals surface area contributed by atoms with Crippen LogP contribution in [0.25, 0.3) is 0 Å². The second kappa shape index (κ2) is 3.16. The van der Waals surface area contributed by atoms with E-state index in [9.17, 15) is 4.79 Å². The normalized spacial score (nSPS) is 32.8. The number of piperazine rings is 1. The molecule has 13 heavy (non-hydrogen) atoms. The van der Waals surface area contributed by atoms with E-state index < -0.39 is 6.09 Å². The molecule has 2 aliphatic heterocycles. The molecular weight excluding hydrogens is 172 g/mol. The molecule has 2 rings (SSSR count). The Morgan fingerprint density at radius 3 is 2.62 bits per heavy atom. The molecule has 2 fully saturated rings. The average molecular weight is 186 g/mol. The largest absolute Gasteiger partial charge is 0.465 e. The maximum atomic E-state index is 10.7. The molecular formula is C8H14N2O3. The summed E-state index contributed by atoms with van der Waals surface area (Å²) in [6.07, 6.45) is 0.128. The first-order chi connectivity index (χ1) is 6.22. The summed E-state index contributed by atoms with van der Waals surface area (Å²) >= 11 is 0. The molecule has 1 amide bonds. The van der Waals surface area contributed by atoms with Crippen LogP contribution in [0.15, 0.2) is 0 Å². The summed E-state index contributed by atoms with van der Waals surface area (Å²) in [6.45, 7) is 2.24. The van der Waals surface area contributed by atoms with Crippen LogP contribution in [0.1, 0.15) is 6.42 Å². The lowest BCUT2D eigenvalue weighted by atomic mass is 10.2. The number of aliphatic hydroxyl groups excluding tert-OH is 1. The van der Waals surface area contributed by atoms with Crippen molar-refractivity contribution < 1.29 is 15.0 Å². The molecule has 2 bridgehead atoms. The van der Waals surface area contributed by atoms with Crippen molar-refractivity contribution in [3.8, 4) is 0 Å². The standard InChI is InChI=1S/C8H14N2O3/c11-2-1-9-4-7-3-6(9)5-10(7)8(12)13/h6-7,11H,1-5H2,(H,12,13). The summed E-state index contributed by atoms with van der Waals surface area (Å²) in [5.41, 5.74) is 0. The van der Waals surface area contributed by atoms with Gasteiger partial charge >= 0.3 is 6.09 Å². The maximum absolute atomic E-state index is 10.7. The fourth-order valence-corrected chi connectivity index (χ4v) is 2.39. The van der Waals surface area contributed by atoms with Gasteiger partial charge in [-0.2, -0.15) is 0 Å². The zero-order valence-electron chi connectivity index (χ0n) is 7.39. The number of hydrogen-bond donors (Lipinski definition) is 2. The van der Waals surface area contributed by atoms with Crippen LogP contribution in [-0.2, 0) is 0 Å². The van der Waals surface area contributed by atoms with Crippen LogP contribution in [0, 0.1) is 0 Å². The second-order valence-electron chi connectivity index (χ2n) is 3.70. The number of amides is 1. The van der Waals surface area contributed by atoms with Crippen LogP contribution >= 0.6 is 0 Å².